The van der Waals surface area contributed by atoms with Gasteiger partial charge in [-0.2, -0.15) is 4.31 Å². The maximum atomic E-state index is 12.7. The Kier molecular flexibility index (Phi) is 5.76. The molecule has 0 N–H and O–H groups in total. The van der Waals surface area contributed by atoms with Crippen molar-refractivity contribution in [1.29, 1.82) is 0 Å². The summed E-state index contributed by atoms with van der Waals surface area (Å²) >= 11 is 0. The van der Waals surface area contributed by atoms with Gasteiger partial charge in [-0.1, -0.05) is 17.7 Å². The molecule has 3 rings (SSSR count). The van der Waals surface area contributed by atoms with Crippen LogP contribution in [0.4, 0.5) is 0 Å². The van der Waals surface area contributed by atoms with Crippen LogP contribution in [0.2, 0.25) is 0 Å². The average Bonchev–Trinajstić information content (AvgIpc) is 3.14. The minimum absolute atomic E-state index is 0.138. The van der Waals surface area contributed by atoms with E-state index in [9.17, 15) is 13.2 Å². The predicted octanol–water partition coefficient (Wildman–Crippen LogP) is 1.31. The standard InChI is InChI=1S/C18H27N3O3S/c1-16-4-6-17(7-5-16)25(23,24)21-14-12-20(13-15-21)18(22)8-11-19-9-2-3-10-19/h4-7H,2-3,8-15H2,1H3. The largest absolute Gasteiger partial charge is 0.340 e. The second-order valence-corrected chi connectivity index (χ2v) is 8.83. The first kappa shape index (κ1) is 18.4. The first-order valence-corrected chi connectivity index (χ1v) is 10.5. The van der Waals surface area contributed by atoms with Crippen LogP contribution in [0.5, 0.6) is 0 Å². The van der Waals surface area contributed by atoms with Gasteiger partial charge in [-0.25, -0.2) is 8.42 Å². The first-order valence-electron chi connectivity index (χ1n) is 9.04. The predicted molar refractivity (Wildman–Crippen MR) is 96.8 cm³/mol. The van der Waals surface area contributed by atoms with E-state index in [1.807, 2.05) is 19.1 Å². The molecule has 0 radical (unpaired) electrons. The minimum atomic E-state index is -3.47. The molecular weight excluding hydrogens is 338 g/mol. The zero-order valence-corrected chi connectivity index (χ0v) is 15.7. The van der Waals surface area contributed by atoms with Gasteiger partial charge in [0.2, 0.25) is 15.9 Å². The number of hydrogen-bond acceptors (Lipinski definition) is 4. The van der Waals surface area contributed by atoms with Gasteiger partial charge in [0, 0.05) is 39.1 Å². The summed E-state index contributed by atoms with van der Waals surface area (Å²) in [5.74, 6) is 0.138. The van der Waals surface area contributed by atoms with Gasteiger partial charge in [0.05, 0.1) is 4.90 Å². The van der Waals surface area contributed by atoms with Crippen molar-refractivity contribution in [1.82, 2.24) is 14.1 Å². The molecule has 0 aliphatic carbocycles. The average molecular weight is 365 g/mol. The highest BCUT2D eigenvalue weighted by atomic mass is 32.2. The van der Waals surface area contributed by atoms with Gasteiger partial charge < -0.3 is 9.80 Å². The smallest absolute Gasteiger partial charge is 0.243 e. The highest BCUT2D eigenvalue weighted by molar-refractivity contribution is 7.89. The second kappa shape index (κ2) is 7.85. The van der Waals surface area contributed by atoms with Gasteiger partial charge in [-0.3, -0.25) is 4.79 Å². The molecule has 6 nitrogen and oxygen atoms in total. The monoisotopic (exact) mass is 365 g/mol. The molecule has 2 fully saturated rings. The molecule has 25 heavy (non-hydrogen) atoms. The Morgan fingerprint density at radius 3 is 2.16 bits per heavy atom. The highest BCUT2D eigenvalue weighted by Gasteiger charge is 2.30. The molecule has 1 aromatic rings. The van der Waals surface area contributed by atoms with Crippen molar-refractivity contribution < 1.29 is 13.2 Å². The molecule has 7 heteroatoms. The third-order valence-electron chi connectivity index (χ3n) is 5.09. The highest BCUT2D eigenvalue weighted by Crippen LogP contribution is 2.18. The molecule has 0 aromatic heterocycles. The van der Waals surface area contributed by atoms with Crippen LogP contribution >= 0.6 is 0 Å². The molecule has 138 valence electrons. The lowest BCUT2D eigenvalue weighted by atomic mass is 10.2. The van der Waals surface area contributed by atoms with Crippen LogP contribution in [0.15, 0.2) is 29.2 Å². The number of hydrogen-bond donors (Lipinski definition) is 0. The van der Waals surface area contributed by atoms with Gasteiger partial charge >= 0.3 is 0 Å². The number of amides is 1. The van der Waals surface area contributed by atoms with Gasteiger partial charge in [0.1, 0.15) is 0 Å². The molecule has 2 saturated heterocycles. The number of piperazine rings is 1. The molecule has 2 aliphatic heterocycles. The first-order chi connectivity index (χ1) is 12.0. The Labute approximate surface area is 150 Å². The van der Waals surface area contributed by atoms with Crippen molar-refractivity contribution in [3.63, 3.8) is 0 Å². The molecule has 2 heterocycles. The number of sulfonamides is 1. The lowest BCUT2D eigenvalue weighted by molar-refractivity contribution is -0.132. The molecular formula is C18H27N3O3S. The number of benzene rings is 1. The van der Waals surface area contributed by atoms with E-state index in [4.69, 9.17) is 0 Å². The van der Waals surface area contributed by atoms with Crippen LogP contribution in [-0.4, -0.2) is 74.2 Å². The summed E-state index contributed by atoms with van der Waals surface area (Å²) in [5.41, 5.74) is 1.03. The van der Waals surface area contributed by atoms with Crippen LogP contribution in [0, 0.1) is 6.92 Å². The summed E-state index contributed by atoms with van der Waals surface area (Å²) in [6.07, 6.45) is 2.98. The molecule has 0 unspecified atom stereocenters. The normalized spacial score (nSPS) is 20.1. The minimum Gasteiger partial charge on any atom is -0.340 e. The number of carbonyl (C=O) groups is 1. The van der Waals surface area contributed by atoms with Crippen LogP contribution in [-0.2, 0) is 14.8 Å². The van der Waals surface area contributed by atoms with Crippen LogP contribution in [0.1, 0.15) is 24.8 Å². The van der Waals surface area contributed by atoms with E-state index in [-0.39, 0.29) is 5.91 Å². The molecule has 1 aromatic carbocycles. The zero-order chi connectivity index (χ0) is 17.9. The van der Waals surface area contributed by atoms with E-state index in [1.165, 1.54) is 17.1 Å². The van der Waals surface area contributed by atoms with E-state index in [2.05, 4.69) is 4.90 Å². The molecule has 0 saturated carbocycles. The summed E-state index contributed by atoms with van der Waals surface area (Å²) < 4.78 is 26.9. The zero-order valence-electron chi connectivity index (χ0n) is 14.9. The fourth-order valence-electron chi connectivity index (χ4n) is 3.46. The molecule has 0 bridgehead atoms. The van der Waals surface area contributed by atoms with Crippen molar-refractivity contribution in [2.45, 2.75) is 31.1 Å². The maximum absolute atomic E-state index is 12.7. The van der Waals surface area contributed by atoms with E-state index in [1.54, 1.807) is 17.0 Å². The molecule has 0 spiro atoms. The molecule has 0 atom stereocenters. The topological polar surface area (TPSA) is 60.9 Å². The third-order valence-corrected chi connectivity index (χ3v) is 7.00. The Morgan fingerprint density at radius 1 is 0.960 bits per heavy atom. The maximum Gasteiger partial charge on any atom is 0.243 e. The Hall–Kier alpha value is -1.44. The fraction of sp³-hybridized carbons (Fsp3) is 0.611. The van der Waals surface area contributed by atoms with Crippen LogP contribution < -0.4 is 0 Å². The molecule has 1 amide bonds. The number of nitrogens with zero attached hydrogens (tertiary/aromatic N) is 3. The number of carbonyl (C=O) groups excluding carboxylic acids is 1. The quantitative estimate of drug-likeness (QED) is 0.789. The number of rotatable bonds is 5. The van der Waals surface area contributed by atoms with E-state index >= 15 is 0 Å². The van der Waals surface area contributed by atoms with E-state index in [0.29, 0.717) is 37.5 Å². The SMILES string of the molecule is Cc1ccc(S(=O)(=O)N2CCN(C(=O)CCN3CCCC3)CC2)cc1. The van der Waals surface area contributed by atoms with Crippen LogP contribution in [0.25, 0.3) is 0 Å². The number of aryl methyl sites for hydroxylation is 1. The summed E-state index contributed by atoms with van der Waals surface area (Å²) in [7, 11) is -3.47. The van der Waals surface area contributed by atoms with Gasteiger partial charge in [0.25, 0.3) is 0 Å². The van der Waals surface area contributed by atoms with Gasteiger partial charge in [-0.15, -0.1) is 0 Å². The molecule has 2 aliphatic rings. The second-order valence-electron chi connectivity index (χ2n) is 6.90. The van der Waals surface area contributed by atoms with Crippen molar-refractivity contribution in [2.75, 3.05) is 45.8 Å². The van der Waals surface area contributed by atoms with Crippen molar-refractivity contribution in [2.24, 2.45) is 0 Å². The van der Waals surface area contributed by atoms with E-state index < -0.39 is 10.0 Å². The van der Waals surface area contributed by atoms with E-state index in [0.717, 1.165) is 25.2 Å². The van der Waals surface area contributed by atoms with Gasteiger partial charge in [-0.05, 0) is 45.0 Å². The summed E-state index contributed by atoms with van der Waals surface area (Å²) in [4.78, 5) is 16.8. The summed E-state index contributed by atoms with van der Waals surface area (Å²) in [6.45, 7) is 6.63. The van der Waals surface area contributed by atoms with Crippen molar-refractivity contribution >= 4 is 15.9 Å². The van der Waals surface area contributed by atoms with Crippen LogP contribution in [0.3, 0.4) is 0 Å². The Bertz CT molecular complexity index is 689. The lowest BCUT2D eigenvalue weighted by Gasteiger charge is -2.34. The van der Waals surface area contributed by atoms with Gasteiger partial charge in [0.15, 0.2) is 0 Å². The summed E-state index contributed by atoms with van der Waals surface area (Å²) in [5, 5.41) is 0. The third kappa shape index (κ3) is 4.40. The number of likely N-dealkylation sites (tertiary alicyclic amines) is 1. The fourth-order valence-corrected chi connectivity index (χ4v) is 4.88. The lowest BCUT2D eigenvalue weighted by Crippen LogP contribution is -2.50. The van der Waals surface area contributed by atoms with Crippen molar-refractivity contribution in [3.8, 4) is 0 Å². The summed E-state index contributed by atoms with van der Waals surface area (Å²) in [6, 6.07) is 6.92. The Balaban J connectivity index is 1.52. The van der Waals surface area contributed by atoms with Crippen molar-refractivity contribution in [3.05, 3.63) is 29.8 Å². The Morgan fingerprint density at radius 2 is 1.56 bits per heavy atom.